The Bertz CT molecular complexity index is 981. The van der Waals surface area contributed by atoms with Gasteiger partial charge in [0.15, 0.2) is 0 Å². The highest BCUT2D eigenvalue weighted by Crippen LogP contribution is 2.26. The molecule has 1 aromatic heterocycles. The average Bonchev–Trinajstić information content (AvgIpc) is 3.24. The second-order valence-electron chi connectivity index (χ2n) is 6.49. The van der Waals surface area contributed by atoms with Gasteiger partial charge in [0.25, 0.3) is 5.91 Å². The number of amides is 2. The Morgan fingerprint density at radius 1 is 1.10 bits per heavy atom. The number of nitrogens with zero attached hydrogens (tertiary/aromatic N) is 1. The van der Waals surface area contributed by atoms with Gasteiger partial charge >= 0.3 is 0 Å². The third kappa shape index (κ3) is 5.20. The van der Waals surface area contributed by atoms with Crippen molar-refractivity contribution in [3.63, 3.8) is 0 Å². The zero-order chi connectivity index (χ0) is 20.8. The lowest BCUT2D eigenvalue weighted by molar-refractivity contribution is -0.115. The molecule has 3 rings (SSSR count). The molecule has 7 heteroatoms. The summed E-state index contributed by atoms with van der Waals surface area (Å²) in [5, 5.41) is 8.31. The molecule has 150 valence electrons. The van der Waals surface area contributed by atoms with E-state index in [1.807, 2.05) is 55.5 Å². The van der Waals surface area contributed by atoms with E-state index in [1.165, 1.54) is 11.3 Å². The van der Waals surface area contributed by atoms with E-state index in [-0.39, 0.29) is 17.9 Å². The summed E-state index contributed by atoms with van der Waals surface area (Å²) in [6.45, 7) is 3.72. The first-order chi connectivity index (χ1) is 14.0. The average molecular weight is 410 g/mol. The molecule has 2 N–H and O–H groups in total. The lowest BCUT2D eigenvalue weighted by Gasteiger charge is -2.14. The number of hydrogen-bond acceptors (Lipinski definition) is 5. The minimum atomic E-state index is -0.225. The van der Waals surface area contributed by atoms with Gasteiger partial charge in [0.05, 0.1) is 13.2 Å². The molecule has 0 saturated heterocycles. The summed E-state index contributed by atoms with van der Waals surface area (Å²) in [7, 11) is 1.62. The molecule has 0 aliphatic rings. The first kappa shape index (κ1) is 20.5. The van der Waals surface area contributed by atoms with Crippen LogP contribution in [0.3, 0.4) is 0 Å². The maximum Gasteiger partial charge on any atom is 0.271 e. The topological polar surface area (TPSA) is 80.3 Å². The third-order valence-corrected chi connectivity index (χ3v) is 5.33. The lowest BCUT2D eigenvalue weighted by atomic mass is 10.1. The maximum absolute atomic E-state index is 12.6. The lowest BCUT2D eigenvalue weighted by Crippen LogP contribution is -2.26. The first-order valence-corrected chi connectivity index (χ1v) is 10.2. The van der Waals surface area contributed by atoms with Crippen LogP contribution in [0.5, 0.6) is 5.75 Å². The Hall–Kier alpha value is -3.19. The molecule has 2 amide bonds. The number of carbonyl (C=O) groups excluding carboxylic acids is 2. The third-order valence-electron chi connectivity index (χ3n) is 4.44. The van der Waals surface area contributed by atoms with Crippen molar-refractivity contribution in [2.24, 2.45) is 0 Å². The van der Waals surface area contributed by atoms with Gasteiger partial charge in [-0.15, -0.1) is 11.3 Å². The Morgan fingerprint density at radius 2 is 1.79 bits per heavy atom. The number of anilines is 1. The van der Waals surface area contributed by atoms with Crippen LogP contribution in [0.2, 0.25) is 0 Å². The predicted molar refractivity (Wildman–Crippen MR) is 115 cm³/mol. The van der Waals surface area contributed by atoms with Gasteiger partial charge in [-0.2, -0.15) is 0 Å². The van der Waals surface area contributed by atoms with E-state index >= 15 is 0 Å². The Balaban J connectivity index is 1.63. The van der Waals surface area contributed by atoms with Crippen molar-refractivity contribution in [2.45, 2.75) is 26.3 Å². The summed E-state index contributed by atoms with van der Waals surface area (Å²) >= 11 is 1.42. The molecule has 0 aliphatic carbocycles. The Kier molecular flexibility index (Phi) is 6.61. The molecular formula is C22H23N3O3S. The molecule has 0 fully saturated rings. The van der Waals surface area contributed by atoms with Crippen molar-refractivity contribution in [2.75, 3.05) is 12.4 Å². The van der Waals surface area contributed by atoms with Crippen LogP contribution in [0.1, 0.15) is 42.4 Å². The van der Waals surface area contributed by atoms with Gasteiger partial charge in [0, 0.05) is 23.1 Å². The summed E-state index contributed by atoms with van der Waals surface area (Å²) in [6.07, 6.45) is 0.431. The van der Waals surface area contributed by atoms with Crippen molar-refractivity contribution < 1.29 is 14.3 Å². The van der Waals surface area contributed by atoms with Gasteiger partial charge in [-0.05, 0) is 48.9 Å². The van der Waals surface area contributed by atoms with Gasteiger partial charge in [-0.3, -0.25) is 9.59 Å². The van der Waals surface area contributed by atoms with Crippen LogP contribution >= 0.6 is 11.3 Å². The zero-order valence-corrected chi connectivity index (χ0v) is 17.4. The SMILES string of the molecule is CCC(=O)Nc1ccc(C(C)NC(=O)c2csc(-c3ccc(OC)cc3)n2)cc1. The van der Waals surface area contributed by atoms with E-state index in [0.29, 0.717) is 12.1 Å². The minimum Gasteiger partial charge on any atom is -0.497 e. The molecule has 0 radical (unpaired) electrons. The number of methoxy groups -OCH3 is 1. The van der Waals surface area contributed by atoms with Gasteiger partial charge in [-0.25, -0.2) is 4.98 Å². The molecule has 1 unspecified atom stereocenters. The molecular weight excluding hydrogens is 386 g/mol. The fraction of sp³-hybridized carbons (Fsp3) is 0.227. The number of ether oxygens (including phenoxy) is 1. The summed E-state index contributed by atoms with van der Waals surface area (Å²) < 4.78 is 5.16. The summed E-state index contributed by atoms with van der Waals surface area (Å²) in [5.74, 6) is 0.518. The number of rotatable bonds is 7. The van der Waals surface area contributed by atoms with Gasteiger partial charge < -0.3 is 15.4 Å². The van der Waals surface area contributed by atoms with Crippen LogP contribution in [0, 0.1) is 0 Å². The van der Waals surface area contributed by atoms with E-state index in [9.17, 15) is 9.59 Å². The van der Waals surface area contributed by atoms with Crippen LogP contribution in [0.4, 0.5) is 5.69 Å². The van der Waals surface area contributed by atoms with Gasteiger partial charge in [0.2, 0.25) is 5.91 Å². The van der Waals surface area contributed by atoms with Gasteiger partial charge in [0.1, 0.15) is 16.5 Å². The van der Waals surface area contributed by atoms with Crippen LogP contribution in [-0.4, -0.2) is 23.9 Å². The number of thiazole rings is 1. The Labute approximate surface area is 173 Å². The fourth-order valence-electron chi connectivity index (χ4n) is 2.70. The molecule has 1 heterocycles. The van der Waals surface area contributed by atoms with E-state index in [2.05, 4.69) is 15.6 Å². The Morgan fingerprint density at radius 3 is 2.41 bits per heavy atom. The molecule has 2 aromatic carbocycles. The van der Waals surface area contributed by atoms with Crippen molar-refractivity contribution >= 4 is 28.8 Å². The minimum absolute atomic E-state index is 0.0321. The number of hydrogen-bond donors (Lipinski definition) is 2. The zero-order valence-electron chi connectivity index (χ0n) is 16.6. The molecule has 3 aromatic rings. The molecule has 1 atom stereocenters. The standard InChI is InChI=1S/C22H23N3O3S/c1-4-20(26)24-17-9-5-15(6-10-17)14(2)23-21(27)19-13-29-22(25-19)16-7-11-18(28-3)12-8-16/h5-14H,4H2,1-3H3,(H,23,27)(H,24,26). The number of benzene rings is 2. The second kappa shape index (κ2) is 9.34. The van der Waals surface area contributed by atoms with E-state index in [4.69, 9.17) is 4.74 Å². The van der Waals surface area contributed by atoms with Crippen LogP contribution in [0.15, 0.2) is 53.9 Å². The second-order valence-corrected chi connectivity index (χ2v) is 7.34. The van der Waals surface area contributed by atoms with Crippen molar-refractivity contribution in [3.05, 3.63) is 65.2 Å². The largest absolute Gasteiger partial charge is 0.497 e. The molecule has 0 bridgehead atoms. The van der Waals surface area contributed by atoms with E-state index in [0.717, 1.165) is 27.6 Å². The van der Waals surface area contributed by atoms with Crippen molar-refractivity contribution in [3.8, 4) is 16.3 Å². The first-order valence-electron chi connectivity index (χ1n) is 9.30. The number of nitrogens with one attached hydrogen (secondary N) is 2. The normalized spacial score (nSPS) is 11.6. The van der Waals surface area contributed by atoms with Gasteiger partial charge in [-0.1, -0.05) is 19.1 Å². The van der Waals surface area contributed by atoms with Crippen molar-refractivity contribution in [1.29, 1.82) is 0 Å². The molecule has 0 aliphatic heterocycles. The quantitative estimate of drug-likeness (QED) is 0.595. The summed E-state index contributed by atoms with van der Waals surface area (Å²) in [6, 6.07) is 14.8. The maximum atomic E-state index is 12.6. The molecule has 0 spiro atoms. The predicted octanol–water partition coefficient (Wildman–Crippen LogP) is 4.66. The highest BCUT2D eigenvalue weighted by Gasteiger charge is 2.15. The molecule has 6 nitrogen and oxygen atoms in total. The summed E-state index contributed by atoms with van der Waals surface area (Å²) in [5.41, 5.74) is 3.01. The summed E-state index contributed by atoms with van der Waals surface area (Å²) in [4.78, 5) is 28.5. The smallest absolute Gasteiger partial charge is 0.271 e. The highest BCUT2D eigenvalue weighted by molar-refractivity contribution is 7.13. The van der Waals surface area contributed by atoms with Crippen molar-refractivity contribution in [1.82, 2.24) is 10.3 Å². The van der Waals surface area contributed by atoms with Crippen LogP contribution < -0.4 is 15.4 Å². The monoisotopic (exact) mass is 409 g/mol. The van der Waals surface area contributed by atoms with E-state index < -0.39 is 0 Å². The van der Waals surface area contributed by atoms with Crippen LogP contribution in [0.25, 0.3) is 10.6 Å². The van der Waals surface area contributed by atoms with Crippen LogP contribution in [-0.2, 0) is 4.79 Å². The molecule has 0 saturated carbocycles. The highest BCUT2D eigenvalue weighted by atomic mass is 32.1. The fourth-order valence-corrected chi connectivity index (χ4v) is 3.51. The molecule has 29 heavy (non-hydrogen) atoms. The number of aromatic nitrogens is 1. The number of carbonyl (C=O) groups is 2. The van der Waals surface area contributed by atoms with E-state index in [1.54, 1.807) is 19.4 Å².